The van der Waals surface area contributed by atoms with E-state index in [0.717, 1.165) is 27.8 Å². The van der Waals surface area contributed by atoms with E-state index in [2.05, 4.69) is 18.3 Å². The SMILES string of the molecule is Cc1ccccc1NC(=O)C1=Cc2sc3c(c2CS1)CC[C@H](C)C3. The van der Waals surface area contributed by atoms with Gasteiger partial charge in [-0.3, -0.25) is 4.79 Å². The minimum Gasteiger partial charge on any atom is -0.321 e. The van der Waals surface area contributed by atoms with Crippen LogP contribution in [-0.4, -0.2) is 5.91 Å². The maximum atomic E-state index is 12.6. The van der Waals surface area contributed by atoms with Gasteiger partial charge in [0.2, 0.25) is 0 Å². The van der Waals surface area contributed by atoms with Crippen LogP contribution >= 0.6 is 23.1 Å². The Balaban J connectivity index is 1.59. The van der Waals surface area contributed by atoms with E-state index in [1.54, 1.807) is 22.2 Å². The first-order valence-corrected chi connectivity index (χ1v) is 10.3. The maximum absolute atomic E-state index is 12.6. The topological polar surface area (TPSA) is 29.1 Å². The number of aryl methyl sites for hydroxylation is 1. The summed E-state index contributed by atoms with van der Waals surface area (Å²) >= 11 is 3.58. The van der Waals surface area contributed by atoms with E-state index < -0.39 is 0 Å². The van der Waals surface area contributed by atoms with Crippen molar-refractivity contribution in [3.63, 3.8) is 0 Å². The quantitative estimate of drug-likeness (QED) is 0.780. The Hall–Kier alpha value is -1.52. The molecule has 1 aliphatic carbocycles. The number of carbonyl (C=O) groups excluding carboxylic acids is 1. The molecule has 2 aromatic rings. The molecule has 1 aromatic carbocycles. The summed E-state index contributed by atoms with van der Waals surface area (Å²) < 4.78 is 0. The molecule has 24 heavy (non-hydrogen) atoms. The van der Waals surface area contributed by atoms with Crippen LogP contribution in [0.2, 0.25) is 0 Å². The molecule has 2 nitrogen and oxygen atoms in total. The van der Waals surface area contributed by atoms with Crippen molar-refractivity contribution in [3.05, 3.63) is 55.6 Å². The van der Waals surface area contributed by atoms with Gasteiger partial charge in [-0.15, -0.1) is 23.1 Å². The zero-order chi connectivity index (χ0) is 16.7. The molecule has 1 N–H and O–H groups in total. The van der Waals surface area contributed by atoms with Gasteiger partial charge in [0.25, 0.3) is 5.91 Å². The number of thiophene rings is 1. The molecule has 0 fully saturated rings. The lowest BCUT2D eigenvalue weighted by molar-refractivity contribution is -0.112. The summed E-state index contributed by atoms with van der Waals surface area (Å²) in [5, 5.41) is 3.06. The third-order valence-electron chi connectivity index (χ3n) is 4.90. The Bertz CT molecular complexity index is 834. The zero-order valence-electron chi connectivity index (χ0n) is 14.0. The van der Waals surface area contributed by atoms with Crippen molar-refractivity contribution >= 4 is 40.8 Å². The molecule has 0 spiro atoms. The second kappa shape index (κ2) is 6.41. The first kappa shape index (κ1) is 16.0. The average molecular weight is 356 g/mol. The largest absolute Gasteiger partial charge is 0.321 e. The number of para-hydroxylation sites is 1. The van der Waals surface area contributed by atoms with Gasteiger partial charge in [-0.05, 0) is 60.9 Å². The Labute approximate surface area is 151 Å². The van der Waals surface area contributed by atoms with Crippen molar-refractivity contribution in [2.75, 3.05) is 5.32 Å². The molecule has 1 aromatic heterocycles. The number of amides is 1. The molecule has 0 bridgehead atoms. The number of benzene rings is 1. The van der Waals surface area contributed by atoms with Gasteiger partial charge >= 0.3 is 0 Å². The smallest absolute Gasteiger partial charge is 0.262 e. The van der Waals surface area contributed by atoms with Crippen LogP contribution in [0.15, 0.2) is 29.2 Å². The standard InChI is InChI=1S/C20H21NOS2/c1-12-7-8-14-15-11-23-19(10-18(15)24-17(14)9-12)20(22)21-16-6-4-3-5-13(16)2/h3-6,10,12H,7-9,11H2,1-2H3,(H,21,22)/t12-/m0/s1. The first-order chi connectivity index (χ1) is 11.6. The predicted molar refractivity (Wildman–Crippen MR) is 105 cm³/mol. The number of anilines is 1. The van der Waals surface area contributed by atoms with Crippen LogP contribution in [0, 0.1) is 12.8 Å². The van der Waals surface area contributed by atoms with Crippen molar-refractivity contribution in [1.29, 1.82) is 0 Å². The molecule has 4 rings (SSSR count). The van der Waals surface area contributed by atoms with Crippen LogP contribution in [0.5, 0.6) is 0 Å². The number of nitrogens with one attached hydrogen (secondary N) is 1. The normalized spacial score (nSPS) is 19.2. The zero-order valence-corrected chi connectivity index (χ0v) is 15.7. The molecule has 0 unspecified atom stereocenters. The molecule has 0 radical (unpaired) electrons. The summed E-state index contributed by atoms with van der Waals surface area (Å²) in [5.74, 6) is 1.74. The molecular formula is C20H21NOS2. The molecule has 1 atom stereocenters. The van der Waals surface area contributed by atoms with E-state index >= 15 is 0 Å². The van der Waals surface area contributed by atoms with Crippen LogP contribution in [0.1, 0.15) is 39.8 Å². The van der Waals surface area contributed by atoms with Crippen molar-refractivity contribution < 1.29 is 4.79 Å². The van der Waals surface area contributed by atoms with Gasteiger partial charge in [-0.25, -0.2) is 0 Å². The summed E-state index contributed by atoms with van der Waals surface area (Å²) in [6, 6.07) is 7.92. The summed E-state index contributed by atoms with van der Waals surface area (Å²) in [4.78, 5) is 16.3. The molecule has 0 saturated heterocycles. The van der Waals surface area contributed by atoms with E-state index in [1.807, 2.05) is 42.5 Å². The molecule has 4 heteroatoms. The number of fused-ring (bicyclic) bond motifs is 3. The fraction of sp³-hybridized carbons (Fsp3) is 0.350. The number of rotatable bonds is 2. The maximum Gasteiger partial charge on any atom is 0.262 e. The van der Waals surface area contributed by atoms with Gasteiger partial charge in [0.05, 0.1) is 4.91 Å². The van der Waals surface area contributed by atoms with E-state index in [4.69, 9.17) is 0 Å². The van der Waals surface area contributed by atoms with Crippen LogP contribution < -0.4 is 5.32 Å². The predicted octanol–water partition coefficient (Wildman–Crippen LogP) is 5.41. The second-order valence-corrected chi connectivity index (χ2v) is 8.91. The molecule has 2 heterocycles. The Morgan fingerprint density at radius 3 is 2.92 bits per heavy atom. The minimum absolute atomic E-state index is 0.0136. The Morgan fingerprint density at radius 2 is 2.08 bits per heavy atom. The highest BCUT2D eigenvalue weighted by molar-refractivity contribution is 8.03. The Morgan fingerprint density at radius 1 is 1.25 bits per heavy atom. The summed E-state index contributed by atoms with van der Waals surface area (Å²) in [5.41, 5.74) is 5.05. The summed E-state index contributed by atoms with van der Waals surface area (Å²) in [6.07, 6.45) is 5.81. The highest BCUT2D eigenvalue weighted by Crippen LogP contribution is 2.43. The van der Waals surface area contributed by atoms with Gasteiger partial charge in [-0.2, -0.15) is 0 Å². The highest BCUT2D eigenvalue weighted by atomic mass is 32.2. The number of hydrogen-bond donors (Lipinski definition) is 1. The molecule has 1 aliphatic heterocycles. The lowest BCUT2D eigenvalue weighted by Gasteiger charge is -2.20. The summed E-state index contributed by atoms with van der Waals surface area (Å²) in [7, 11) is 0. The molecule has 0 saturated carbocycles. The minimum atomic E-state index is 0.0136. The number of carbonyl (C=O) groups is 1. The number of hydrogen-bond acceptors (Lipinski definition) is 3. The van der Waals surface area contributed by atoms with Crippen molar-refractivity contribution in [2.24, 2.45) is 5.92 Å². The first-order valence-electron chi connectivity index (χ1n) is 8.46. The van der Waals surface area contributed by atoms with E-state index in [-0.39, 0.29) is 5.91 Å². The van der Waals surface area contributed by atoms with E-state index in [9.17, 15) is 4.79 Å². The van der Waals surface area contributed by atoms with Gasteiger partial charge in [0, 0.05) is 21.2 Å². The van der Waals surface area contributed by atoms with Gasteiger partial charge in [0.15, 0.2) is 0 Å². The second-order valence-electron chi connectivity index (χ2n) is 6.76. The van der Waals surface area contributed by atoms with E-state index in [0.29, 0.717) is 0 Å². The highest BCUT2D eigenvalue weighted by Gasteiger charge is 2.26. The van der Waals surface area contributed by atoms with Crippen LogP contribution in [0.4, 0.5) is 5.69 Å². The van der Waals surface area contributed by atoms with E-state index in [1.165, 1.54) is 29.7 Å². The van der Waals surface area contributed by atoms with Gasteiger partial charge in [0.1, 0.15) is 0 Å². The molecule has 1 amide bonds. The van der Waals surface area contributed by atoms with Crippen molar-refractivity contribution in [2.45, 2.75) is 38.9 Å². The van der Waals surface area contributed by atoms with Crippen molar-refractivity contribution in [1.82, 2.24) is 0 Å². The monoisotopic (exact) mass is 355 g/mol. The number of thioether (sulfide) groups is 1. The van der Waals surface area contributed by atoms with Crippen molar-refractivity contribution in [3.8, 4) is 0 Å². The lowest BCUT2D eigenvalue weighted by Crippen LogP contribution is -2.15. The van der Waals surface area contributed by atoms with Crippen LogP contribution in [0.25, 0.3) is 6.08 Å². The third kappa shape index (κ3) is 2.93. The fourth-order valence-corrected chi connectivity index (χ4v) is 6.11. The fourth-order valence-electron chi connectivity index (χ4n) is 3.45. The molecule has 2 aliphatic rings. The summed E-state index contributed by atoms with van der Waals surface area (Å²) in [6.45, 7) is 4.36. The van der Waals surface area contributed by atoms with Crippen LogP contribution in [0.3, 0.4) is 0 Å². The van der Waals surface area contributed by atoms with Crippen LogP contribution in [-0.2, 0) is 23.4 Å². The lowest BCUT2D eigenvalue weighted by atomic mass is 9.88. The van der Waals surface area contributed by atoms with Gasteiger partial charge < -0.3 is 5.32 Å². The third-order valence-corrected chi connectivity index (χ3v) is 7.19. The molecular weight excluding hydrogens is 334 g/mol. The Kier molecular flexibility index (Phi) is 4.27. The molecule has 124 valence electrons. The average Bonchev–Trinajstić information content (AvgIpc) is 2.93. The van der Waals surface area contributed by atoms with Gasteiger partial charge in [-0.1, -0.05) is 25.1 Å².